The topological polar surface area (TPSA) is 103 Å². The first-order valence-corrected chi connectivity index (χ1v) is 7.08. The predicted octanol–water partition coefficient (Wildman–Crippen LogP) is -0.513. The summed E-state index contributed by atoms with van der Waals surface area (Å²) in [6.07, 6.45) is 1.23. The number of anilines is 1. The molecule has 0 saturated carbocycles. The van der Waals surface area contributed by atoms with E-state index in [4.69, 9.17) is 10.2 Å². The van der Waals surface area contributed by atoms with Crippen molar-refractivity contribution in [3.05, 3.63) is 18.3 Å². The van der Waals surface area contributed by atoms with E-state index in [-0.39, 0.29) is 18.1 Å². The van der Waals surface area contributed by atoms with Crippen LogP contribution in [0, 0.1) is 0 Å². The Morgan fingerprint density at radius 2 is 1.89 bits per heavy atom. The Bertz CT molecular complexity index is 509. The van der Waals surface area contributed by atoms with Crippen molar-refractivity contribution in [1.82, 2.24) is 9.29 Å². The van der Waals surface area contributed by atoms with Crippen LogP contribution in [-0.4, -0.2) is 60.8 Å². The van der Waals surface area contributed by atoms with E-state index in [9.17, 15) is 8.42 Å². The molecule has 8 heteroatoms. The summed E-state index contributed by atoms with van der Waals surface area (Å²) in [7, 11) is -0.623. The molecule has 1 aromatic heterocycles. The van der Waals surface area contributed by atoms with Crippen molar-refractivity contribution in [3.63, 3.8) is 0 Å². The van der Waals surface area contributed by atoms with Crippen molar-refractivity contribution >= 4 is 15.8 Å². The van der Waals surface area contributed by atoms with E-state index >= 15 is 0 Å². The van der Waals surface area contributed by atoms with Gasteiger partial charge in [-0.1, -0.05) is 0 Å². The van der Waals surface area contributed by atoms with Crippen LogP contribution in [0.4, 0.5) is 5.82 Å². The number of hydrogen-bond acceptors (Lipinski definition) is 6. The molecule has 0 aliphatic carbocycles. The van der Waals surface area contributed by atoms with Crippen LogP contribution in [0.5, 0.6) is 0 Å². The normalized spacial score (nSPS) is 12.7. The summed E-state index contributed by atoms with van der Waals surface area (Å²) in [6, 6.07) is 2.90. The molecule has 0 aliphatic heterocycles. The second-order valence-corrected chi connectivity index (χ2v) is 6.82. The minimum atomic E-state index is -3.50. The average molecular weight is 289 g/mol. The van der Waals surface area contributed by atoms with Gasteiger partial charge in [0.2, 0.25) is 10.0 Å². The molecule has 1 aromatic rings. The summed E-state index contributed by atoms with van der Waals surface area (Å²) in [5.74, 6) is 0.378. The van der Waals surface area contributed by atoms with E-state index in [2.05, 4.69) is 10.3 Å². The van der Waals surface area contributed by atoms with Crippen molar-refractivity contribution < 1.29 is 18.6 Å². The van der Waals surface area contributed by atoms with Crippen molar-refractivity contribution in [2.24, 2.45) is 0 Å². The second-order valence-electron chi connectivity index (χ2n) is 4.67. The maximum Gasteiger partial charge on any atom is 0.244 e. The summed E-state index contributed by atoms with van der Waals surface area (Å²) < 4.78 is 24.8. The molecule has 3 N–H and O–H groups in total. The van der Waals surface area contributed by atoms with Gasteiger partial charge in [-0.3, -0.25) is 0 Å². The Hall–Kier alpha value is -1.22. The highest BCUT2D eigenvalue weighted by Crippen LogP contribution is 2.16. The molecular weight excluding hydrogens is 270 g/mol. The fourth-order valence-electron chi connectivity index (χ4n) is 1.26. The zero-order valence-electron chi connectivity index (χ0n) is 11.2. The third-order valence-electron chi connectivity index (χ3n) is 2.64. The van der Waals surface area contributed by atoms with Gasteiger partial charge >= 0.3 is 0 Å². The minimum absolute atomic E-state index is 0.0813. The van der Waals surface area contributed by atoms with Crippen LogP contribution in [0.15, 0.2) is 23.2 Å². The second kappa shape index (κ2) is 5.83. The van der Waals surface area contributed by atoms with E-state index < -0.39 is 15.6 Å². The van der Waals surface area contributed by atoms with Crippen LogP contribution in [0.3, 0.4) is 0 Å². The van der Waals surface area contributed by atoms with Crippen LogP contribution >= 0.6 is 0 Å². The number of hydrogen-bond donors (Lipinski definition) is 3. The Labute approximate surface area is 112 Å². The van der Waals surface area contributed by atoms with Gasteiger partial charge in [0.25, 0.3) is 0 Å². The van der Waals surface area contributed by atoms with E-state index in [1.165, 1.54) is 32.4 Å². The van der Waals surface area contributed by atoms with Gasteiger partial charge in [0.15, 0.2) is 0 Å². The molecule has 1 heterocycles. The maximum absolute atomic E-state index is 11.8. The number of pyridine rings is 1. The largest absolute Gasteiger partial charge is 0.394 e. The summed E-state index contributed by atoms with van der Waals surface area (Å²) in [6.45, 7) is 1.07. The first kappa shape index (κ1) is 15.8. The zero-order chi connectivity index (χ0) is 14.7. The van der Waals surface area contributed by atoms with Crippen LogP contribution in [0.2, 0.25) is 0 Å². The van der Waals surface area contributed by atoms with E-state index in [1.807, 2.05) is 0 Å². The molecule has 1 rings (SSSR count). The molecule has 0 bridgehead atoms. The number of nitrogens with zero attached hydrogens (tertiary/aromatic N) is 2. The third kappa shape index (κ3) is 3.63. The molecule has 0 amide bonds. The Kier molecular flexibility index (Phi) is 4.86. The number of sulfonamides is 1. The molecule has 0 fully saturated rings. The number of aliphatic hydroxyl groups excluding tert-OH is 2. The monoisotopic (exact) mass is 289 g/mol. The summed E-state index contributed by atoms with van der Waals surface area (Å²) >= 11 is 0. The fourth-order valence-corrected chi connectivity index (χ4v) is 2.10. The SMILES string of the molecule is CN(C)S(=O)(=O)c1ccc(NC(C)(CO)CO)nc1. The van der Waals surface area contributed by atoms with E-state index in [0.29, 0.717) is 5.82 Å². The van der Waals surface area contributed by atoms with Crippen LogP contribution < -0.4 is 5.32 Å². The van der Waals surface area contributed by atoms with Gasteiger partial charge in [-0.2, -0.15) is 0 Å². The molecule has 0 spiro atoms. The van der Waals surface area contributed by atoms with E-state index in [0.717, 1.165) is 4.31 Å². The minimum Gasteiger partial charge on any atom is -0.394 e. The van der Waals surface area contributed by atoms with Crippen molar-refractivity contribution in [3.8, 4) is 0 Å². The van der Waals surface area contributed by atoms with Crippen molar-refractivity contribution in [2.75, 3.05) is 32.6 Å². The summed E-state index contributed by atoms with van der Waals surface area (Å²) in [5, 5.41) is 21.1. The van der Waals surface area contributed by atoms with Gasteiger partial charge in [-0.05, 0) is 19.1 Å². The van der Waals surface area contributed by atoms with Gasteiger partial charge in [0.05, 0.1) is 18.8 Å². The zero-order valence-corrected chi connectivity index (χ0v) is 12.0. The maximum atomic E-state index is 11.8. The third-order valence-corrected chi connectivity index (χ3v) is 4.44. The van der Waals surface area contributed by atoms with Crippen molar-refractivity contribution in [1.29, 1.82) is 0 Å². The first-order chi connectivity index (χ1) is 8.75. The number of nitrogens with one attached hydrogen (secondary N) is 1. The Morgan fingerprint density at radius 3 is 2.26 bits per heavy atom. The molecule has 7 nitrogen and oxygen atoms in total. The molecule has 19 heavy (non-hydrogen) atoms. The number of aliphatic hydroxyl groups is 2. The fraction of sp³-hybridized carbons (Fsp3) is 0.545. The lowest BCUT2D eigenvalue weighted by atomic mass is 10.1. The lowest BCUT2D eigenvalue weighted by molar-refractivity contribution is 0.147. The van der Waals surface area contributed by atoms with Gasteiger partial charge in [0.1, 0.15) is 10.7 Å². The van der Waals surface area contributed by atoms with Crippen LogP contribution in [0.1, 0.15) is 6.92 Å². The molecule has 108 valence electrons. The molecular formula is C11H19N3O4S. The molecule has 0 atom stereocenters. The van der Waals surface area contributed by atoms with Crippen molar-refractivity contribution in [2.45, 2.75) is 17.4 Å². The summed E-state index contributed by atoms with van der Waals surface area (Å²) in [5.41, 5.74) is -0.908. The van der Waals surface area contributed by atoms with Crippen LogP contribution in [0.25, 0.3) is 0 Å². The average Bonchev–Trinajstić information content (AvgIpc) is 2.39. The molecule has 0 aliphatic rings. The lowest BCUT2D eigenvalue weighted by Crippen LogP contribution is -2.42. The van der Waals surface area contributed by atoms with Crippen LogP contribution in [-0.2, 0) is 10.0 Å². The smallest absolute Gasteiger partial charge is 0.244 e. The first-order valence-electron chi connectivity index (χ1n) is 5.64. The van der Waals surface area contributed by atoms with Gasteiger partial charge < -0.3 is 15.5 Å². The quantitative estimate of drug-likeness (QED) is 0.651. The predicted molar refractivity (Wildman–Crippen MR) is 71.3 cm³/mol. The molecule has 0 saturated heterocycles. The number of rotatable bonds is 6. The number of aromatic nitrogens is 1. The van der Waals surface area contributed by atoms with Gasteiger partial charge in [-0.15, -0.1) is 0 Å². The molecule has 0 radical (unpaired) electrons. The molecule has 0 unspecified atom stereocenters. The van der Waals surface area contributed by atoms with Gasteiger partial charge in [0, 0.05) is 20.3 Å². The summed E-state index contributed by atoms with van der Waals surface area (Å²) in [4.78, 5) is 4.05. The standard InChI is InChI=1S/C11H19N3O4S/c1-11(7-15,8-16)13-10-5-4-9(6-12-10)19(17,18)14(2)3/h4-6,15-16H,7-8H2,1-3H3,(H,12,13). The highest BCUT2D eigenvalue weighted by Gasteiger charge is 2.23. The van der Waals surface area contributed by atoms with E-state index in [1.54, 1.807) is 6.92 Å². The molecule has 0 aromatic carbocycles. The van der Waals surface area contributed by atoms with Gasteiger partial charge in [-0.25, -0.2) is 17.7 Å². The highest BCUT2D eigenvalue weighted by atomic mass is 32.2. The highest BCUT2D eigenvalue weighted by molar-refractivity contribution is 7.89. The Balaban J connectivity index is 2.95. The lowest BCUT2D eigenvalue weighted by Gasteiger charge is -2.26. The Morgan fingerprint density at radius 1 is 1.32 bits per heavy atom.